The van der Waals surface area contributed by atoms with Gasteiger partial charge in [-0.25, -0.2) is 0 Å². The summed E-state index contributed by atoms with van der Waals surface area (Å²) in [5.41, 5.74) is 0.656. The second-order valence-corrected chi connectivity index (χ2v) is 6.85. The molecule has 0 saturated carbocycles. The van der Waals surface area contributed by atoms with Gasteiger partial charge in [0.25, 0.3) is 5.91 Å². The van der Waals surface area contributed by atoms with E-state index in [0.717, 1.165) is 30.5 Å². The van der Waals surface area contributed by atoms with E-state index in [1.54, 1.807) is 6.07 Å². The Morgan fingerprint density at radius 3 is 3.00 bits per heavy atom. The van der Waals surface area contributed by atoms with Crippen molar-refractivity contribution in [2.75, 3.05) is 44.7 Å². The maximum absolute atomic E-state index is 12.5. The van der Waals surface area contributed by atoms with E-state index in [1.807, 2.05) is 24.1 Å². The van der Waals surface area contributed by atoms with Crippen LogP contribution in [0.4, 0.5) is 5.69 Å². The van der Waals surface area contributed by atoms with Crippen LogP contribution in [0.25, 0.3) is 0 Å². The SMILES string of the molecule is CNCC1CCN(C(=O)CN2C(=O)COc3cc(Br)ccc32)C1.Cl. The van der Waals surface area contributed by atoms with Crippen LogP contribution in [0, 0.1) is 5.92 Å². The molecule has 1 saturated heterocycles. The third kappa shape index (κ3) is 4.02. The first-order valence-corrected chi connectivity index (χ1v) is 8.53. The predicted molar refractivity (Wildman–Crippen MR) is 97.9 cm³/mol. The summed E-state index contributed by atoms with van der Waals surface area (Å²) in [6.45, 7) is 2.47. The smallest absolute Gasteiger partial charge is 0.265 e. The molecule has 2 heterocycles. The van der Waals surface area contributed by atoms with Gasteiger partial charge < -0.3 is 15.0 Å². The minimum absolute atomic E-state index is 0. The van der Waals surface area contributed by atoms with Gasteiger partial charge in [0.1, 0.15) is 12.3 Å². The molecule has 0 spiro atoms. The highest BCUT2D eigenvalue weighted by atomic mass is 79.9. The van der Waals surface area contributed by atoms with E-state index >= 15 is 0 Å². The lowest BCUT2D eigenvalue weighted by molar-refractivity contribution is -0.131. The minimum atomic E-state index is -0.181. The number of ether oxygens (including phenoxy) is 1. The molecule has 1 N–H and O–H groups in total. The van der Waals surface area contributed by atoms with Gasteiger partial charge >= 0.3 is 0 Å². The Balaban J connectivity index is 0.00000208. The van der Waals surface area contributed by atoms with Gasteiger partial charge in [-0.05, 0) is 44.1 Å². The van der Waals surface area contributed by atoms with Gasteiger partial charge in [-0.3, -0.25) is 14.5 Å². The van der Waals surface area contributed by atoms with Crippen molar-refractivity contribution in [2.45, 2.75) is 6.42 Å². The summed E-state index contributed by atoms with van der Waals surface area (Å²) in [5.74, 6) is 0.931. The molecular formula is C16H21BrClN3O3. The molecule has 6 nitrogen and oxygen atoms in total. The molecule has 1 unspecified atom stereocenters. The predicted octanol–water partition coefficient (Wildman–Crippen LogP) is 1.66. The minimum Gasteiger partial charge on any atom is -0.482 e. The molecule has 0 aromatic heterocycles. The average molecular weight is 419 g/mol. The van der Waals surface area contributed by atoms with Gasteiger partial charge in [0, 0.05) is 17.6 Å². The highest BCUT2D eigenvalue weighted by molar-refractivity contribution is 9.10. The second kappa shape index (κ2) is 8.18. The summed E-state index contributed by atoms with van der Waals surface area (Å²) < 4.78 is 6.33. The quantitative estimate of drug-likeness (QED) is 0.808. The van der Waals surface area contributed by atoms with E-state index in [1.165, 1.54) is 4.90 Å². The average Bonchev–Trinajstić information content (AvgIpc) is 2.99. The number of carbonyl (C=O) groups is 2. The van der Waals surface area contributed by atoms with Crippen LogP contribution in [0.3, 0.4) is 0 Å². The molecule has 8 heteroatoms. The van der Waals surface area contributed by atoms with Gasteiger partial charge in [0.2, 0.25) is 5.91 Å². The zero-order valence-corrected chi connectivity index (χ0v) is 15.9. The third-order valence-electron chi connectivity index (χ3n) is 4.29. The summed E-state index contributed by atoms with van der Waals surface area (Å²) in [6, 6.07) is 5.46. The van der Waals surface area contributed by atoms with Crippen molar-refractivity contribution in [3.8, 4) is 5.75 Å². The van der Waals surface area contributed by atoms with E-state index in [2.05, 4.69) is 21.2 Å². The lowest BCUT2D eigenvalue weighted by atomic mass is 10.1. The van der Waals surface area contributed by atoms with E-state index in [9.17, 15) is 9.59 Å². The van der Waals surface area contributed by atoms with Crippen molar-refractivity contribution in [1.82, 2.24) is 10.2 Å². The molecule has 0 aliphatic carbocycles. The van der Waals surface area contributed by atoms with E-state index < -0.39 is 0 Å². The molecule has 1 aromatic carbocycles. The van der Waals surface area contributed by atoms with Crippen LogP contribution >= 0.6 is 28.3 Å². The van der Waals surface area contributed by atoms with Gasteiger partial charge in [-0.1, -0.05) is 15.9 Å². The number of rotatable bonds is 4. The molecule has 132 valence electrons. The fourth-order valence-electron chi connectivity index (χ4n) is 3.10. The Morgan fingerprint density at radius 1 is 1.46 bits per heavy atom. The van der Waals surface area contributed by atoms with Crippen LogP contribution < -0.4 is 15.0 Å². The number of hydrogen-bond acceptors (Lipinski definition) is 4. The molecule has 24 heavy (non-hydrogen) atoms. The Hall–Kier alpha value is -1.31. The van der Waals surface area contributed by atoms with Crippen LogP contribution in [0.1, 0.15) is 6.42 Å². The third-order valence-corrected chi connectivity index (χ3v) is 4.78. The van der Waals surface area contributed by atoms with Crippen molar-refractivity contribution in [3.63, 3.8) is 0 Å². The topological polar surface area (TPSA) is 61.9 Å². The maximum Gasteiger partial charge on any atom is 0.265 e. The lowest BCUT2D eigenvalue weighted by Gasteiger charge is -2.30. The fourth-order valence-corrected chi connectivity index (χ4v) is 3.44. The normalized spacial score (nSPS) is 19.6. The Labute approximate surface area is 156 Å². The van der Waals surface area contributed by atoms with Crippen molar-refractivity contribution >= 4 is 45.8 Å². The van der Waals surface area contributed by atoms with E-state index in [4.69, 9.17) is 4.74 Å². The van der Waals surface area contributed by atoms with Crippen molar-refractivity contribution in [1.29, 1.82) is 0 Å². The Kier molecular flexibility index (Phi) is 6.48. The van der Waals surface area contributed by atoms with Gasteiger partial charge in [-0.2, -0.15) is 0 Å². The van der Waals surface area contributed by atoms with Gasteiger partial charge in [0.05, 0.1) is 5.69 Å². The molecule has 0 radical (unpaired) electrons. The summed E-state index contributed by atoms with van der Waals surface area (Å²) in [5, 5.41) is 3.15. The zero-order chi connectivity index (χ0) is 16.4. The van der Waals surface area contributed by atoms with E-state index in [0.29, 0.717) is 17.4 Å². The Bertz CT molecular complexity index is 629. The number of anilines is 1. The largest absolute Gasteiger partial charge is 0.482 e. The highest BCUT2D eigenvalue weighted by Crippen LogP contribution is 2.34. The zero-order valence-electron chi connectivity index (χ0n) is 13.5. The molecule has 3 rings (SSSR count). The maximum atomic E-state index is 12.5. The van der Waals surface area contributed by atoms with Crippen LogP contribution in [-0.4, -0.2) is 56.5 Å². The number of likely N-dealkylation sites (tertiary alicyclic amines) is 1. The molecule has 2 amide bonds. The molecule has 2 aliphatic rings. The number of amides is 2. The molecule has 1 aromatic rings. The monoisotopic (exact) mass is 417 g/mol. The first-order valence-electron chi connectivity index (χ1n) is 7.73. The van der Waals surface area contributed by atoms with Crippen LogP contribution in [0.5, 0.6) is 5.75 Å². The molecule has 0 bridgehead atoms. The molecule has 1 atom stereocenters. The Morgan fingerprint density at radius 2 is 2.25 bits per heavy atom. The summed E-state index contributed by atoms with van der Waals surface area (Å²) in [4.78, 5) is 28.1. The summed E-state index contributed by atoms with van der Waals surface area (Å²) in [7, 11) is 1.92. The van der Waals surface area contributed by atoms with Crippen molar-refractivity contribution in [2.24, 2.45) is 5.92 Å². The number of halogens is 2. The highest BCUT2D eigenvalue weighted by Gasteiger charge is 2.31. The van der Waals surface area contributed by atoms with Gasteiger partial charge in [-0.15, -0.1) is 12.4 Å². The first kappa shape index (κ1) is 19.0. The number of hydrogen-bond donors (Lipinski definition) is 1. The van der Waals surface area contributed by atoms with Crippen molar-refractivity contribution in [3.05, 3.63) is 22.7 Å². The number of fused-ring (bicyclic) bond motifs is 1. The number of nitrogens with one attached hydrogen (secondary N) is 1. The standard InChI is InChI=1S/C16H20BrN3O3.ClH/c1-18-7-11-4-5-19(8-11)15(21)9-20-13-3-2-12(17)6-14(13)23-10-16(20)22;/h2-3,6,11,18H,4-5,7-10H2,1H3;1H. The summed E-state index contributed by atoms with van der Waals surface area (Å²) in [6.07, 6.45) is 1.01. The molecule has 2 aliphatic heterocycles. The molecule has 1 fully saturated rings. The van der Waals surface area contributed by atoms with Crippen LogP contribution in [-0.2, 0) is 9.59 Å². The van der Waals surface area contributed by atoms with Crippen molar-refractivity contribution < 1.29 is 14.3 Å². The number of carbonyl (C=O) groups excluding carboxylic acids is 2. The second-order valence-electron chi connectivity index (χ2n) is 5.93. The van der Waals surface area contributed by atoms with Crippen LogP contribution in [0.15, 0.2) is 22.7 Å². The molecular weight excluding hydrogens is 398 g/mol. The number of nitrogens with zero attached hydrogens (tertiary/aromatic N) is 2. The lowest BCUT2D eigenvalue weighted by Crippen LogP contribution is -2.46. The fraction of sp³-hybridized carbons (Fsp3) is 0.500. The summed E-state index contributed by atoms with van der Waals surface area (Å²) >= 11 is 3.39. The van der Waals surface area contributed by atoms with Gasteiger partial charge in [0.15, 0.2) is 6.61 Å². The van der Waals surface area contributed by atoms with Crippen LogP contribution in [0.2, 0.25) is 0 Å². The number of benzene rings is 1. The van der Waals surface area contributed by atoms with E-state index in [-0.39, 0.29) is 37.4 Å². The first-order chi connectivity index (χ1) is 11.1.